The van der Waals surface area contributed by atoms with Gasteiger partial charge in [-0.05, 0) is 61.5 Å². The predicted molar refractivity (Wildman–Crippen MR) is 111 cm³/mol. The van der Waals surface area contributed by atoms with Crippen LogP contribution in [0.15, 0.2) is 48.5 Å². The van der Waals surface area contributed by atoms with Gasteiger partial charge in [-0.2, -0.15) is 0 Å². The van der Waals surface area contributed by atoms with Crippen LogP contribution < -0.4 is 10.2 Å². The van der Waals surface area contributed by atoms with Crippen LogP contribution in [0.3, 0.4) is 0 Å². The van der Waals surface area contributed by atoms with Gasteiger partial charge in [0, 0.05) is 12.1 Å². The number of nitrogens with zero attached hydrogens (tertiary/aromatic N) is 1. The molecule has 7 nitrogen and oxygen atoms in total. The topological polar surface area (TPSA) is 92.8 Å². The van der Waals surface area contributed by atoms with E-state index in [1.807, 2.05) is 19.1 Å². The molecule has 0 aliphatic carbocycles. The number of para-hydroxylation sites is 1. The van der Waals surface area contributed by atoms with Crippen molar-refractivity contribution in [1.82, 2.24) is 0 Å². The van der Waals surface area contributed by atoms with E-state index in [4.69, 9.17) is 4.74 Å². The van der Waals surface area contributed by atoms with Gasteiger partial charge in [0.2, 0.25) is 11.8 Å². The van der Waals surface area contributed by atoms with E-state index < -0.39 is 17.1 Å². The summed E-state index contributed by atoms with van der Waals surface area (Å²) in [5.74, 6) is -1.23. The average molecular weight is 412 g/mol. The van der Waals surface area contributed by atoms with Crippen LogP contribution in [-0.2, 0) is 14.3 Å². The Bertz CT molecular complexity index is 958. The minimum Gasteiger partial charge on any atom is -0.462 e. The Hall–Kier alpha value is -3.13. The fraction of sp³-hybridized carbons (Fsp3) is 0.238. The van der Waals surface area contributed by atoms with E-state index in [0.717, 1.165) is 22.2 Å². The van der Waals surface area contributed by atoms with Gasteiger partial charge in [0.15, 0.2) is 0 Å². The molecule has 2 aromatic carbocycles. The molecule has 1 N–H and O–H groups in total. The maximum absolute atomic E-state index is 12.7. The molecular weight excluding hydrogens is 392 g/mol. The molecule has 0 spiro atoms. The van der Waals surface area contributed by atoms with Gasteiger partial charge < -0.3 is 10.1 Å². The SMILES string of the molecule is CCOC(=O)c1ccc(NC(=O)CC2SC(=O)N(c3ccccc3C)C2=O)cc1. The lowest BCUT2D eigenvalue weighted by atomic mass is 10.1. The van der Waals surface area contributed by atoms with Crippen LogP contribution in [0.2, 0.25) is 0 Å². The number of hydrogen-bond acceptors (Lipinski definition) is 6. The number of imide groups is 1. The van der Waals surface area contributed by atoms with Crippen LogP contribution >= 0.6 is 11.8 Å². The minimum absolute atomic E-state index is 0.128. The molecule has 0 saturated carbocycles. The lowest BCUT2D eigenvalue weighted by Gasteiger charge is -2.16. The number of benzene rings is 2. The third-order valence-electron chi connectivity index (χ3n) is 4.33. The van der Waals surface area contributed by atoms with Crippen molar-refractivity contribution in [2.24, 2.45) is 0 Å². The Morgan fingerprint density at radius 1 is 1.10 bits per heavy atom. The minimum atomic E-state index is -0.777. The second-order valence-electron chi connectivity index (χ2n) is 6.38. The fourth-order valence-corrected chi connectivity index (χ4v) is 3.88. The van der Waals surface area contributed by atoms with E-state index in [1.54, 1.807) is 43.3 Å². The molecule has 8 heteroatoms. The molecule has 0 aromatic heterocycles. The van der Waals surface area contributed by atoms with Crippen molar-refractivity contribution in [3.63, 3.8) is 0 Å². The quantitative estimate of drug-likeness (QED) is 0.726. The Morgan fingerprint density at radius 3 is 2.45 bits per heavy atom. The van der Waals surface area contributed by atoms with Crippen molar-refractivity contribution in [3.05, 3.63) is 59.7 Å². The standard InChI is InChI=1S/C21H20N2O5S/c1-3-28-20(26)14-8-10-15(11-9-14)22-18(24)12-17-19(25)23(21(27)29-17)16-7-5-4-6-13(16)2/h4-11,17H,3,12H2,1-2H3,(H,22,24). The molecule has 0 bridgehead atoms. The number of aryl methyl sites for hydroxylation is 1. The lowest BCUT2D eigenvalue weighted by molar-refractivity contribution is -0.121. The van der Waals surface area contributed by atoms with Crippen molar-refractivity contribution in [2.75, 3.05) is 16.8 Å². The summed E-state index contributed by atoms with van der Waals surface area (Å²) in [5, 5.41) is 1.52. The van der Waals surface area contributed by atoms with Gasteiger partial charge in [0.05, 0.1) is 17.9 Å². The zero-order valence-corrected chi connectivity index (χ0v) is 16.8. The van der Waals surface area contributed by atoms with Gasteiger partial charge in [-0.15, -0.1) is 0 Å². The van der Waals surface area contributed by atoms with Gasteiger partial charge in [0.1, 0.15) is 5.25 Å². The number of esters is 1. The van der Waals surface area contributed by atoms with Gasteiger partial charge in [-0.1, -0.05) is 18.2 Å². The van der Waals surface area contributed by atoms with E-state index >= 15 is 0 Å². The summed E-state index contributed by atoms with van der Waals surface area (Å²) in [5.41, 5.74) is 2.21. The van der Waals surface area contributed by atoms with Gasteiger partial charge in [-0.3, -0.25) is 14.4 Å². The highest BCUT2D eigenvalue weighted by molar-refractivity contribution is 8.15. The number of ether oxygens (including phenoxy) is 1. The number of rotatable bonds is 6. The van der Waals surface area contributed by atoms with Gasteiger partial charge in [0.25, 0.3) is 5.24 Å². The fourth-order valence-electron chi connectivity index (χ4n) is 2.90. The van der Waals surface area contributed by atoms with Crippen molar-refractivity contribution in [3.8, 4) is 0 Å². The maximum atomic E-state index is 12.7. The average Bonchev–Trinajstić information content (AvgIpc) is 2.96. The van der Waals surface area contributed by atoms with E-state index in [-0.39, 0.29) is 24.2 Å². The number of nitrogens with one attached hydrogen (secondary N) is 1. The molecule has 29 heavy (non-hydrogen) atoms. The summed E-state index contributed by atoms with van der Waals surface area (Å²) in [6.45, 7) is 3.82. The summed E-state index contributed by atoms with van der Waals surface area (Å²) in [6.07, 6.45) is -0.128. The molecule has 1 aliphatic heterocycles. The second kappa shape index (κ2) is 8.91. The molecule has 0 radical (unpaired) electrons. The first-order chi connectivity index (χ1) is 13.9. The largest absolute Gasteiger partial charge is 0.462 e. The third-order valence-corrected chi connectivity index (χ3v) is 5.37. The van der Waals surface area contributed by atoms with Crippen LogP contribution in [0.5, 0.6) is 0 Å². The zero-order valence-electron chi connectivity index (χ0n) is 16.0. The highest BCUT2D eigenvalue weighted by Gasteiger charge is 2.42. The van der Waals surface area contributed by atoms with Crippen LogP contribution in [0.25, 0.3) is 0 Å². The van der Waals surface area contributed by atoms with E-state index in [1.165, 1.54) is 0 Å². The van der Waals surface area contributed by atoms with Crippen molar-refractivity contribution >= 4 is 46.2 Å². The third kappa shape index (κ3) is 4.65. The zero-order chi connectivity index (χ0) is 21.0. The van der Waals surface area contributed by atoms with E-state index in [0.29, 0.717) is 16.9 Å². The molecule has 150 valence electrons. The first-order valence-corrected chi connectivity index (χ1v) is 9.96. The lowest BCUT2D eigenvalue weighted by Crippen LogP contribution is -2.33. The Morgan fingerprint density at radius 2 is 1.79 bits per heavy atom. The number of carbonyl (C=O) groups is 4. The second-order valence-corrected chi connectivity index (χ2v) is 7.54. The molecule has 1 unspecified atom stereocenters. The molecule has 2 aromatic rings. The number of amides is 3. The Labute approximate surface area is 172 Å². The first-order valence-electron chi connectivity index (χ1n) is 9.08. The van der Waals surface area contributed by atoms with E-state index in [9.17, 15) is 19.2 Å². The van der Waals surface area contributed by atoms with Crippen LogP contribution in [0.4, 0.5) is 16.2 Å². The number of hydrogen-bond donors (Lipinski definition) is 1. The highest BCUT2D eigenvalue weighted by Crippen LogP contribution is 2.35. The first kappa shape index (κ1) is 20.6. The summed E-state index contributed by atoms with van der Waals surface area (Å²) in [4.78, 5) is 50.2. The summed E-state index contributed by atoms with van der Waals surface area (Å²) < 4.78 is 4.91. The highest BCUT2D eigenvalue weighted by atomic mass is 32.2. The Balaban J connectivity index is 1.62. The molecule has 1 saturated heterocycles. The number of carbonyl (C=O) groups excluding carboxylic acids is 4. The monoisotopic (exact) mass is 412 g/mol. The van der Waals surface area contributed by atoms with E-state index in [2.05, 4.69) is 5.32 Å². The molecule has 3 amide bonds. The summed E-state index contributed by atoms with van der Waals surface area (Å²) >= 11 is 0.851. The molecule has 1 heterocycles. The number of anilines is 2. The van der Waals surface area contributed by atoms with Crippen LogP contribution in [0.1, 0.15) is 29.3 Å². The summed E-state index contributed by atoms with van der Waals surface area (Å²) in [6, 6.07) is 13.4. The van der Waals surface area contributed by atoms with Crippen LogP contribution in [0, 0.1) is 6.92 Å². The van der Waals surface area contributed by atoms with Gasteiger partial charge >= 0.3 is 5.97 Å². The maximum Gasteiger partial charge on any atom is 0.338 e. The molecule has 1 aliphatic rings. The summed E-state index contributed by atoms with van der Waals surface area (Å²) in [7, 11) is 0. The molecule has 3 rings (SSSR count). The van der Waals surface area contributed by atoms with Gasteiger partial charge in [-0.25, -0.2) is 9.69 Å². The predicted octanol–water partition coefficient (Wildman–Crippen LogP) is 3.77. The molecule has 1 atom stereocenters. The Kier molecular flexibility index (Phi) is 6.33. The number of thioether (sulfide) groups is 1. The van der Waals surface area contributed by atoms with Crippen molar-refractivity contribution in [2.45, 2.75) is 25.5 Å². The smallest absolute Gasteiger partial charge is 0.338 e. The van der Waals surface area contributed by atoms with Crippen molar-refractivity contribution in [1.29, 1.82) is 0 Å². The van der Waals surface area contributed by atoms with Crippen molar-refractivity contribution < 1.29 is 23.9 Å². The molecular formula is C21H20N2O5S. The molecule has 1 fully saturated rings. The van der Waals surface area contributed by atoms with Crippen LogP contribution in [-0.4, -0.2) is 34.9 Å². The normalized spacial score (nSPS) is 16.1.